The van der Waals surface area contributed by atoms with Crippen LogP contribution in [-0.4, -0.2) is 47.4 Å². The van der Waals surface area contributed by atoms with Crippen molar-refractivity contribution < 1.29 is 19.1 Å². The van der Waals surface area contributed by atoms with Crippen LogP contribution in [0.2, 0.25) is 0 Å². The summed E-state index contributed by atoms with van der Waals surface area (Å²) in [6.45, 7) is 4.18. The van der Waals surface area contributed by atoms with E-state index < -0.39 is 0 Å². The highest BCUT2D eigenvalue weighted by Crippen LogP contribution is 2.30. The maximum Gasteiger partial charge on any atom is 0.251 e. The largest absolute Gasteiger partial charge is 0.490 e. The fourth-order valence-electron chi connectivity index (χ4n) is 4.80. The molecule has 34 heavy (non-hydrogen) atoms. The van der Waals surface area contributed by atoms with Gasteiger partial charge in [-0.05, 0) is 56.9 Å². The number of hydrogen-bond donors (Lipinski definition) is 1. The zero-order chi connectivity index (χ0) is 23.8. The maximum atomic E-state index is 12.9. The molecular weight excluding hydrogens is 430 g/mol. The lowest BCUT2D eigenvalue weighted by atomic mass is 9.87. The lowest BCUT2D eigenvalue weighted by Gasteiger charge is -2.35. The summed E-state index contributed by atoms with van der Waals surface area (Å²) in [5, 5.41) is 3.14. The molecule has 2 amide bonds. The summed E-state index contributed by atoms with van der Waals surface area (Å²) in [6.07, 6.45) is 10.7. The highest BCUT2D eigenvalue weighted by atomic mass is 16.5. The molecule has 0 unspecified atom stereocenters. The van der Waals surface area contributed by atoms with E-state index in [0.29, 0.717) is 49.3 Å². The number of likely N-dealkylation sites (tertiary alicyclic amines) is 1. The van der Waals surface area contributed by atoms with Crippen molar-refractivity contribution in [2.24, 2.45) is 5.92 Å². The van der Waals surface area contributed by atoms with Crippen LogP contribution in [0.5, 0.6) is 11.5 Å². The van der Waals surface area contributed by atoms with Gasteiger partial charge in [0.1, 0.15) is 6.61 Å². The highest BCUT2D eigenvalue weighted by molar-refractivity contribution is 5.95. The van der Waals surface area contributed by atoms with Gasteiger partial charge in [-0.3, -0.25) is 14.6 Å². The first-order valence-electron chi connectivity index (χ1n) is 12.5. The average Bonchev–Trinajstić information content (AvgIpc) is 2.89. The van der Waals surface area contributed by atoms with Gasteiger partial charge in [0, 0.05) is 48.6 Å². The van der Waals surface area contributed by atoms with Crippen LogP contribution in [0.3, 0.4) is 0 Å². The van der Waals surface area contributed by atoms with Crippen molar-refractivity contribution in [3.05, 3.63) is 53.9 Å². The molecule has 2 aliphatic rings. The van der Waals surface area contributed by atoms with Crippen LogP contribution >= 0.6 is 0 Å². The third-order valence-electron chi connectivity index (χ3n) is 6.72. The van der Waals surface area contributed by atoms with Crippen LogP contribution in [0.1, 0.15) is 67.8 Å². The summed E-state index contributed by atoms with van der Waals surface area (Å²) in [6, 6.07) is 9.16. The smallest absolute Gasteiger partial charge is 0.251 e. The van der Waals surface area contributed by atoms with Gasteiger partial charge in [-0.25, -0.2) is 0 Å². The van der Waals surface area contributed by atoms with E-state index in [2.05, 4.69) is 10.3 Å². The average molecular weight is 466 g/mol. The molecule has 0 atom stereocenters. The zero-order valence-corrected chi connectivity index (χ0v) is 20.0. The minimum absolute atomic E-state index is 0.0694. The van der Waals surface area contributed by atoms with Crippen molar-refractivity contribution in [1.29, 1.82) is 0 Å². The molecule has 2 aromatic rings. The molecule has 0 spiro atoms. The Kier molecular flexibility index (Phi) is 8.39. The Morgan fingerprint density at radius 2 is 1.82 bits per heavy atom. The molecule has 4 rings (SSSR count). The molecular formula is C27H35N3O4. The Labute approximate surface area is 201 Å². The number of carbonyl (C=O) groups excluding carboxylic acids is 2. The predicted octanol–water partition coefficient (Wildman–Crippen LogP) is 4.36. The lowest BCUT2D eigenvalue weighted by molar-refractivity contribution is -0.137. The molecule has 1 saturated carbocycles. The van der Waals surface area contributed by atoms with Crippen LogP contribution in [-0.2, 0) is 11.4 Å². The van der Waals surface area contributed by atoms with E-state index in [1.165, 1.54) is 19.3 Å². The van der Waals surface area contributed by atoms with Crippen molar-refractivity contribution in [1.82, 2.24) is 15.2 Å². The number of amides is 2. The molecule has 0 bridgehead atoms. The molecule has 7 heteroatoms. The Balaban J connectivity index is 1.31. The minimum Gasteiger partial charge on any atom is -0.490 e. The van der Waals surface area contributed by atoms with Gasteiger partial charge in [-0.2, -0.15) is 0 Å². The molecule has 0 radical (unpaired) electrons. The van der Waals surface area contributed by atoms with Gasteiger partial charge in [0.2, 0.25) is 5.91 Å². The molecule has 2 heterocycles. The topological polar surface area (TPSA) is 80.8 Å². The number of carbonyl (C=O) groups is 2. The second kappa shape index (κ2) is 11.9. The molecule has 2 fully saturated rings. The Hall–Kier alpha value is -3.09. The molecule has 7 nitrogen and oxygen atoms in total. The number of aromatic nitrogens is 1. The first-order valence-corrected chi connectivity index (χ1v) is 12.5. The van der Waals surface area contributed by atoms with Gasteiger partial charge in [-0.1, -0.05) is 25.3 Å². The number of nitrogens with one attached hydrogen (secondary N) is 1. The summed E-state index contributed by atoms with van der Waals surface area (Å²) in [7, 11) is 0. The van der Waals surface area contributed by atoms with E-state index in [0.717, 1.165) is 31.2 Å². The van der Waals surface area contributed by atoms with Crippen molar-refractivity contribution in [3.63, 3.8) is 0 Å². The van der Waals surface area contributed by atoms with E-state index in [1.807, 2.05) is 24.0 Å². The number of nitrogens with zero attached hydrogens (tertiary/aromatic N) is 2. The first kappa shape index (κ1) is 24.0. The monoisotopic (exact) mass is 465 g/mol. The number of hydrogen-bond acceptors (Lipinski definition) is 5. The number of benzene rings is 1. The summed E-state index contributed by atoms with van der Waals surface area (Å²) in [5.41, 5.74) is 1.50. The van der Waals surface area contributed by atoms with Crippen LogP contribution in [0.25, 0.3) is 0 Å². The third-order valence-corrected chi connectivity index (χ3v) is 6.72. The van der Waals surface area contributed by atoms with E-state index in [4.69, 9.17) is 9.47 Å². The third kappa shape index (κ3) is 6.27. The number of pyridine rings is 1. The van der Waals surface area contributed by atoms with E-state index >= 15 is 0 Å². The Bertz CT molecular complexity index is 952. The Morgan fingerprint density at radius 1 is 1.03 bits per heavy atom. The van der Waals surface area contributed by atoms with Crippen LogP contribution in [0.15, 0.2) is 42.7 Å². The van der Waals surface area contributed by atoms with E-state index in [-0.39, 0.29) is 17.9 Å². The van der Waals surface area contributed by atoms with Crippen molar-refractivity contribution in [2.45, 2.75) is 64.5 Å². The maximum absolute atomic E-state index is 12.9. The van der Waals surface area contributed by atoms with Gasteiger partial charge in [0.05, 0.1) is 6.61 Å². The van der Waals surface area contributed by atoms with Crippen molar-refractivity contribution in [2.75, 3.05) is 19.7 Å². The molecule has 1 N–H and O–H groups in total. The van der Waals surface area contributed by atoms with Gasteiger partial charge >= 0.3 is 0 Å². The Morgan fingerprint density at radius 3 is 2.53 bits per heavy atom. The molecule has 1 aliphatic heterocycles. The zero-order valence-electron chi connectivity index (χ0n) is 20.0. The van der Waals surface area contributed by atoms with Gasteiger partial charge < -0.3 is 19.7 Å². The number of piperidine rings is 1. The SMILES string of the molecule is CCOc1cc(C(=O)NC2CCN(C(=O)C3CCCCC3)CC2)ccc1OCc1cccnc1. The number of ether oxygens (including phenoxy) is 2. The fraction of sp³-hybridized carbons (Fsp3) is 0.519. The minimum atomic E-state index is -0.128. The van der Waals surface area contributed by atoms with Crippen LogP contribution in [0, 0.1) is 5.92 Å². The van der Waals surface area contributed by atoms with Crippen molar-refractivity contribution >= 4 is 11.8 Å². The molecule has 1 aromatic carbocycles. The lowest BCUT2D eigenvalue weighted by Crippen LogP contribution is -2.48. The van der Waals surface area contributed by atoms with Gasteiger partial charge in [0.25, 0.3) is 5.91 Å². The van der Waals surface area contributed by atoms with Gasteiger partial charge in [0.15, 0.2) is 11.5 Å². The van der Waals surface area contributed by atoms with Gasteiger partial charge in [-0.15, -0.1) is 0 Å². The quantitative estimate of drug-likeness (QED) is 0.627. The first-order chi connectivity index (χ1) is 16.6. The summed E-state index contributed by atoms with van der Waals surface area (Å²) >= 11 is 0. The predicted molar refractivity (Wildman–Crippen MR) is 130 cm³/mol. The molecule has 182 valence electrons. The normalized spacial score (nSPS) is 17.3. The fourth-order valence-corrected chi connectivity index (χ4v) is 4.80. The number of rotatable bonds is 8. The standard InChI is InChI=1S/C27H35N3O4/c1-2-33-25-17-22(10-11-24(25)34-19-20-7-6-14-28-18-20)26(31)29-23-12-15-30(16-13-23)27(32)21-8-4-3-5-9-21/h6-7,10-11,14,17-18,21,23H,2-5,8-9,12-13,15-16,19H2,1H3,(H,29,31). The molecule has 1 aromatic heterocycles. The summed E-state index contributed by atoms with van der Waals surface area (Å²) in [5.74, 6) is 1.53. The molecule has 1 saturated heterocycles. The van der Waals surface area contributed by atoms with E-state index in [9.17, 15) is 9.59 Å². The summed E-state index contributed by atoms with van der Waals surface area (Å²) < 4.78 is 11.6. The molecule has 1 aliphatic carbocycles. The summed E-state index contributed by atoms with van der Waals surface area (Å²) in [4.78, 5) is 31.8. The highest BCUT2D eigenvalue weighted by Gasteiger charge is 2.29. The second-order valence-electron chi connectivity index (χ2n) is 9.15. The van der Waals surface area contributed by atoms with Crippen LogP contribution < -0.4 is 14.8 Å². The van der Waals surface area contributed by atoms with Crippen LogP contribution in [0.4, 0.5) is 0 Å². The van der Waals surface area contributed by atoms with Crippen molar-refractivity contribution in [3.8, 4) is 11.5 Å². The van der Waals surface area contributed by atoms with E-state index in [1.54, 1.807) is 30.6 Å². The second-order valence-corrected chi connectivity index (χ2v) is 9.15.